The van der Waals surface area contributed by atoms with Crippen LogP contribution in [-0.2, 0) is 30.2 Å². The molecule has 0 fully saturated rings. The maximum atomic E-state index is 13.6. The van der Waals surface area contributed by atoms with Crippen LogP contribution in [0.25, 0.3) is 0 Å². The van der Waals surface area contributed by atoms with Crippen LogP contribution < -0.4 is 5.32 Å². The molecule has 2 rings (SSSR count). The van der Waals surface area contributed by atoms with Crippen molar-refractivity contribution in [3.63, 3.8) is 0 Å². The largest absolute Gasteiger partial charge is 0.461 e. The smallest absolute Gasteiger partial charge is 0.410 e. The van der Waals surface area contributed by atoms with E-state index in [0.29, 0.717) is 17.8 Å². The lowest BCUT2D eigenvalue weighted by atomic mass is 9.92. The minimum absolute atomic E-state index is 0.00651. The van der Waals surface area contributed by atoms with E-state index in [9.17, 15) is 19.2 Å². The van der Waals surface area contributed by atoms with Gasteiger partial charge in [-0.1, -0.05) is 84.5 Å². The summed E-state index contributed by atoms with van der Waals surface area (Å²) in [6.07, 6.45) is 1.54. The normalized spacial score (nSPS) is 14.3. The molecule has 0 saturated heterocycles. The number of thiazole rings is 1. The fraction of sp³-hybridized carbons (Fsp3) is 0.595. The predicted octanol–water partition coefficient (Wildman–Crippen LogP) is 7.54. The van der Waals surface area contributed by atoms with E-state index in [1.165, 1.54) is 22.3 Å². The lowest BCUT2D eigenvalue weighted by Gasteiger charge is -2.34. The summed E-state index contributed by atoms with van der Waals surface area (Å²) in [6, 6.07) is 8.97. The minimum Gasteiger partial charge on any atom is -0.461 e. The molecule has 4 atom stereocenters. The van der Waals surface area contributed by atoms with Crippen molar-refractivity contribution in [1.82, 2.24) is 15.2 Å². The second kappa shape index (κ2) is 18.1. The Labute approximate surface area is 290 Å². The Morgan fingerprint density at radius 2 is 1.67 bits per heavy atom. The van der Waals surface area contributed by atoms with Gasteiger partial charge in [0.25, 0.3) is 5.91 Å². The van der Waals surface area contributed by atoms with Crippen LogP contribution in [0.3, 0.4) is 0 Å². The Kier molecular flexibility index (Phi) is 15.3. The van der Waals surface area contributed by atoms with Crippen molar-refractivity contribution >= 4 is 35.3 Å². The maximum absolute atomic E-state index is 13.6. The zero-order valence-electron chi connectivity index (χ0n) is 30.3. The van der Waals surface area contributed by atoms with Crippen molar-refractivity contribution in [2.75, 3.05) is 13.7 Å². The van der Waals surface area contributed by atoms with Crippen LogP contribution in [-0.4, -0.2) is 65.2 Å². The van der Waals surface area contributed by atoms with Crippen molar-refractivity contribution in [1.29, 1.82) is 0 Å². The summed E-state index contributed by atoms with van der Waals surface area (Å²) in [6.45, 7) is 20.7. The van der Waals surface area contributed by atoms with E-state index in [1.54, 1.807) is 19.4 Å². The van der Waals surface area contributed by atoms with E-state index in [-0.39, 0.29) is 54.5 Å². The van der Waals surface area contributed by atoms with E-state index >= 15 is 0 Å². The molecule has 10 nitrogen and oxygen atoms in total. The Hall–Kier alpha value is -3.73. The zero-order valence-corrected chi connectivity index (χ0v) is 31.1. The second-order valence-electron chi connectivity index (χ2n) is 14.8. The van der Waals surface area contributed by atoms with E-state index in [2.05, 4.69) is 16.9 Å². The quantitative estimate of drug-likeness (QED) is 0.109. The first kappa shape index (κ1) is 40.4. The standard InChI is InChI=1S/C37H55N3O7S/c1-12-18-45-34(43)25(4)19-27(20-26-16-14-13-15-17-26)38-32(42)28-23-48-33(39-28)30(46-31(41)22-36(5,6)7)21-29(24(2)3)40(11)35(44)47-37(8,9)10/h12-17,23-25,27,29-30H,1,18-22H2,2-11H3,(H,38,42)/t25?,27?,29-,30-/m1/s1. The van der Waals surface area contributed by atoms with E-state index < -0.39 is 35.6 Å². The molecular weight excluding hydrogens is 630 g/mol. The van der Waals surface area contributed by atoms with Crippen LogP contribution in [0, 0.1) is 17.3 Å². The fourth-order valence-electron chi connectivity index (χ4n) is 5.10. The van der Waals surface area contributed by atoms with Crippen molar-refractivity contribution in [2.45, 2.75) is 112 Å². The number of ether oxygens (including phenoxy) is 3. The van der Waals surface area contributed by atoms with Crippen LogP contribution in [0.2, 0.25) is 0 Å². The predicted molar refractivity (Wildman–Crippen MR) is 189 cm³/mol. The molecule has 0 spiro atoms. The number of hydrogen-bond acceptors (Lipinski definition) is 9. The summed E-state index contributed by atoms with van der Waals surface area (Å²) >= 11 is 1.22. The fourth-order valence-corrected chi connectivity index (χ4v) is 5.94. The Bertz CT molecular complexity index is 1360. The number of nitrogens with zero attached hydrogens (tertiary/aromatic N) is 2. The molecule has 11 heteroatoms. The summed E-state index contributed by atoms with van der Waals surface area (Å²) < 4.78 is 16.9. The number of amides is 2. The number of aromatic nitrogens is 1. The molecule has 0 saturated carbocycles. The summed E-state index contributed by atoms with van der Waals surface area (Å²) in [4.78, 5) is 58.4. The Balaban J connectivity index is 2.36. The first-order valence-corrected chi connectivity index (χ1v) is 17.4. The molecule has 1 aromatic heterocycles. The highest BCUT2D eigenvalue weighted by atomic mass is 32.1. The third-order valence-corrected chi connectivity index (χ3v) is 8.36. The summed E-state index contributed by atoms with van der Waals surface area (Å²) in [7, 11) is 1.68. The molecule has 2 aromatic rings. The highest BCUT2D eigenvalue weighted by molar-refractivity contribution is 7.09. The highest BCUT2D eigenvalue weighted by Crippen LogP contribution is 2.32. The minimum atomic E-state index is -0.802. The number of nitrogens with one attached hydrogen (secondary N) is 1. The van der Waals surface area contributed by atoms with Crippen LogP contribution in [0.5, 0.6) is 0 Å². The third-order valence-electron chi connectivity index (χ3n) is 7.43. The summed E-state index contributed by atoms with van der Waals surface area (Å²) in [5.41, 5.74) is 0.204. The van der Waals surface area contributed by atoms with Crippen LogP contribution in [0.15, 0.2) is 48.4 Å². The molecule has 0 aliphatic rings. The van der Waals surface area contributed by atoms with Gasteiger partial charge in [-0.2, -0.15) is 0 Å². The number of benzene rings is 1. The van der Waals surface area contributed by atoms with Crippen molar-refractivity contribution in [3.8, 4) is 0 Å². The molecular formula is C37H55N3O7S. The van der Waals surface area contributed by atoms with Crippen LogP contribution in [0.4, 0.5) is 4.79 Å². The number of esters is 2. The van der Waals surface area contributed by atoms with Gasteiger partial charge in [-0.15, -0.1) is 11.3 Å². The van der Waals surface area contributed by atoms with E-state index in [1.807, 2.05) is 85.7 Å². The van der Waals surface area contributed by atoms with Crippen molar-refractivity contribution in [3.05, 3.63) is 64.6 Å². The topological polar surface area (TPSA) is 124 Å². The Morgan fingerprint density at radius 3 is 2.23 bits per heavy atom. The van der Waals surface area contributed by atoms with E-state index in [4.69, 9.17) is 14.2 Å². The van der Waals surface area contributed by atoms with Crippen molar-refractivity contribution in [2.24, 2.45) is 17.3 Å². The molecule has 1 aromatic carbocycles. The van der Waals surface area contributed by atoms with Gasteiger partial charge in [0.1, 0.15) is 22.9 Å². The monoisotopic (exact) mass is 685 g/mol. The molecule has 266 valence electrons. The molecule has 0 aliphatic carbocycles. The van der Waals surface area contributed by atoms with Gasteiger partial charge in [0.05, 0.1) is 12.3 Å². The maximum Gasteiger partial charge on any atom is 0.410 e. The highest BCUT2D eigenvalue weighted by Gasteiger charge is 2.34. The molecule has 2 amide bonds. The second-order valence-corrected chi connectivity index (χ2v) is 15.7. The van der Waals surface area contributed by atoms with Gasteiger partial charge in [0.2, 0.25) is 0 Å². The van der Waals surface area contributed by atoms with Gasteiger partial charge < -0.3 is 24.4 Å². The molecule has 1 heterocycles. The van der Waals surface area contributed by atoms with Crippen LogP contribution >= 0.6 is 11.3 Å². The number of rotatable bonds is 16. The first-order chi connectivity index (χ1) is 22.3. The molecule has 2 unspecified atom stereocenters. The van der Waals surface area contributed by atoms with Gasteiger partial charge in [-0.3, -0.25) is 14.4 Å². The number of hydrogen-bond donors (Lipinski definition) is 1. The van der Waals surface area contributed by atoms with Gasteiger partial charge in [0.15, 0.2) is 6.10 Å². The summed E-state index contributed by atoms with van der Waals surface area (Å²) in [5, 5.41) is 5.15. The van der Waals surface area contributed by atoms with Gasteiger partial charge in [-0.25, -0.2) is 9.78 Å². The van der Waals surface area contributed by atoms with Gasteiger partial charge in [0, 0.05) is 30.9 Å². The molecule has 0 bridgehead atoms. The van der Waals surface area contributed by atoms with E-state index in [0.717, 1.165) is 5.56 Å². The SMILES string of the molecule is C=CCOC(=O)C(C)CC(Cc1ccccc1)NC(=O)c1csc([C@@H](C[C@H](C(C)C)N(C)C(=O)OC(C)(C)C)OC(=O)CC(C)(C)C)n1. The number of carbonyl (C=O) groups is 4. The average Bonchev–Trinajstić information content (AvgIpc) is 3.46. The Morgan fingerprint density at radius 1 is 1.02 bits per heavy atom. The zero-order chi connectivity index (χ0) is 36.2. The molecule has 0 radical (unpaired) electrons. The molecule has 0 aliphatic heterocycles. The lowest BCUT2D eigenvalue weighted by molar-refractivity contribution is -0.153. The number of carbonyl (C=O) groups excluding carboxylic acids is 4. The first-order valence-electron chi connectivity index (χ1n) is 16.5. The average molecular weight is 686 g/mol. The van der Waals surface area contributed by atoms with Crippen molar-refractivity contribution < 1.29 is 33.4 Å². The van der Waals surface area contributed by atoms with Crippen LogP contribution in [0.1, 0.15) is 109 Å². The van der Waals surface area contributed by atoms with Gasteiger partial charge in [-0.05, 0) is 50.5 Å². The van der Waals surface area contributed by atoms with Gasteiger partial charge >= 0.3 is 18.0 Å². The summed E-state index contributed by atoms with van der Waals surface area (Å²) in [5.74, 6) is -1.64. The molecule has 48 heavy (non-hydrogen) atoms. The lowest BCUT2D eigenvalue weighted by Crippen LogP contribution is -2.44. The third kappa shape index (κ3) is 14.2. The molecule has 1 N–H and O–H groups in total.